The summed E-state index contributed by atoms with van der Waals surface area (Å²) in [5.41, 5.74) is 6.93. The summed E-state index contributed by atoms with van der Waals surface area (Å²) in [6.45, 7) is 3.22. The monoisotopic (exact) mass is 288 g/mol. The lowest BCUT2D eigenvalue weighted by Crippen LogP contribution is -2.46. The van der Waals surface area contributed by atoms with Gasteiger partial charge in [-0.1, -0.05) is 18.6 Å². The Morgan fingerprint density at radius 2 is 1.90 bits per heavy atom. The first-order valence-electron chi connectivity index (χ1n) is 8.56. The summed E-state index contributed by atoms with van der Waals surface area (Å²) in [4.78, 5) is 2.66. The van der Waals surface area contributed by atoms with Crippen molar-refractivity contribution in [3.05, 3.63) is 29.8 Å². The molecule has 1 aliphatic heterocycles. The predicted octanol–water partition coefficient (Wildman–Crippen LogP) is 2.97. The van der Waals surface area contributed by atoms with Crippen molar-refractivity contribution in [1.29, 1.82) is 0 Å². The maximum Gasteiger partial charge on any atom is 0.120 e. The topological polar surface area (TPSA) is 38.5 Å². The minimum atomic E-state index is 0.366. The number of benzene rings is 1. The van der Waals surface area contributed by atoms with Gasteiger partial charge in [-0.05, 0) is 75.9 Å². The van der Waals surface area contributed by atoms with Gasteiger partial charge >= 0.3 is 0 Å². The quantitative estimate of drug-likeness (QED) is 0.905. The van der Waals surface area contributed by atoms with Gasteiger partial charge in [0.15, 0.2) is 0 Å². The first-order chi connectivity index (χ1) is 10.4. The molecule has 0 bridgehead atoms. The molecule has 2 atom stereocenters. The van der Waals surface area contributed by atoms with Gasteiger partial charge in [-0.3, -0.25) is 4.90 Å². The normalized spacial score (nSPS) is 26.9. The Balaban J connectivity index is 1.67. The van der Waals surface area contributed by atoms with Crippen LogP contribution in [0.4, 0.5) is 0 Å². The molecule has 21 heavy (non-hydrogen) atoms. The van der Waals surface area contributed by atoms with E-state index in [1.54, 1.807) is 0 Å². The number of rotatable bonds is 5. The molecule has 2 aliphatic rings. The molecular weight excluding hydrogens is 260 g/mol. The van der Waals surface area contributed by atoms with E-state index in [2.05, 4.69) is 29.2 Å². The van der Waals surface area contributed by atoms with E-state index in [4.69, 9.17) is 10.5 Å². The van der Waals surface area contributed by atoms with Crippen molar-refractivity contribution in [2.45, 2.75) is 57.1 Å². The number of likely N-dealkylation sites (tertiary alicyclic amines) is 1. The highest BCUT2D eigenvalue weighted by molar-refractivity contribution is 5.29. The minimum Gasteiger partial charge on any atom is -0.489 e. The molecule has 3 nitrogen and oxygen atoms in total. The maximum atomic E-state index is 6.38. The van der Waals surface area contributed by atoms with Gasteiger partial charge in [0, 0.05) is 6.04 Å². The van der Waals surface area contributed by atoms with Gasteiger partial charge in [0.25, 0.3) is 0 Å². The molecule has 0 aromatic heterocycles. The molecule has 1 heterocycles. The summed E-state index contributed by atoms with van der Waals surface area (Å²) in [5, 5.41) is 0. The van der Waals surface area contributed by atoms with Crippen LogP contribution in [0.1, 0.15) is 44.1 Å². The molecule has 3 rings (SSSR count). The Hall–Kier alpha value is -1.06. The second-order valence-electron chi connectivity index (χ2n) is 6.44. The molecule has 0 amide bonds. The molecule has 1 aliphatic carbocycles. The number of hydrogen-bond acceptors (Lipinski definition) is 3. The molecule has 2 unspecified atom stereocenters. The zero-order valence-electron chi connectivity index (χ0n) is 13.0. The van der Waals surface area contributed by atoms with Crippen molar-refractivity contribution in [1.82, 2.24) is 4.90 Å². The fraction of sp³-hybridized carbons (Fsp3) is 0.667. The SMILES string of the molecule is NCCc1cccc(OC2CCCCC2N2CCCC2)c1. The third-order valence-electron chi connectivity index (χ3n) is 4.90. The standard InChI is InChI=1S/C18H28N2O/c19-11-10-15-6-5-7-16(14-15)21-18-9-2-1-8-17(18)20-12-3-4-13-20/h5-7,14,17-18H,1-4,8-13,19H2. The summed E-state index contributed by atoms with van der Waals surface area (Å²) >= 11 is 0. The van der Waals surface area contributed by atoms with Gasteiger partial charge in [0.2, 0.25) is 0 Å². The Morgan fingerprint density at radius 3 is 2.71 bits per heavy atom. The van der Waals surface area contributed by atoms with Gasteiger partial charge < -0.3 is 10.5 Å². The molecule has 1 saturated carbocycles. The largest absolute Gasteiger partial charge is 0.489 e. The minimum absolute atomic E-state index is 0.366. The Bertz CT molecular complexity index is 443. The Kier molecular flexibility index (Phi) is 5.15. The molecule has 0 spiro atoms. The van der Waals surface area contributed by atoms with Crippen molar-refractivity contribution in [3.63, 3.8) is 0 Å². The Morgan fingerprint density at radius 1 is 1.10 bits per heavy atom. The van der Waals surface area contributed by atoms with Crippen LogP contribution in [0.2, 0.25) is 0 Å². The third kappa shape index (κ3) is 3.78. The molecule has 2 fully saturated rings. The number of ether oxygens (including phenoxy) is 1. The number of hydrogen-bond donors (Lipinski definition) is 1. The van der Waals surface area contributed by atoms with Gasteiger partial charge in [-0.2, -0.15) is 0 Å². The van der Waals surface area contributed by atoms with Crippen LogP contribution in [0.25, 0.3) is 0 Å². The second kappa shape index (κ2) is 7.28. The van der Waals surface area contributed by atoms with E-state index in [1.807, 2.05) is 0 Å². The van der Waals surface area contributed by atoms with Gasteiger partial charge in [0.05, 0.1) is 0 Å². The second-order valence-corrected chi connectivity index (χ2v) is 6.44. The lowest BCUT2D eigenvalue weighted by atomic mass is 9.91. The fourth-order valence-corrected chi connectivity index (χ4v) is 3.82. The van der Waals surface area contributed by atoms with Crippen molar-refractivity contribution in [3.8, 4) is 5.75 Å². The van der Waals surface area contributed by atoms with Crippen LogP contribution in [0.15, 0.2) is 24.3 Å². The maximum absolute atomic E-state index is 6.38. The van der Waals surface area contributed by atoms with E-state index < -0.39 is 0 Å². The van der Waals surface area contributed by atoms with Crippen LogP contribution in [-0.4, -0.2) is 36.7 Å². The predicted molar refractivity (Wildman–Crippen MR) is 86.7 cm³/mol. The van der Waals surface area contributed by atoms with Crippen LogP contribution in [0, 0.1) is 0 Å². The van der Waals surface area contributed by atoms with Crippen molar-refractivity contribution in [2.75, 3.05) is 19.6 Å². The highest BCUT2D eigenvalue weighted by Gasteiger charge is 2.32. The summed E-state index contributed by atoms with van der Waals surface area (Å²) in [7, 11) is 0. The zero-order chi connectivity index (χ0) is 14.5. The fourth-order valence-electron chi connectivity index (χ4n) is 3.82. The molecule has 1 saturated heterocycles. The van der Waals surface area contributed by atoms with E-state index in [-0.39, 0.29) is 0 Å². The molecule has 116 valence electrons. The average Bonchev–Trinajstić information content (AvgIpc) is 3.03. The highest BCUT2D eigenvalue weighted by atomic mass is 16.5. The summed E-state index contributed by atoms with van der Waals surface area (Å²) in [5.74, 6) is 1.03. The Labute approximate surface area is 128 Å². The summed E-state index contributed by atoms with van der Waals surface area (Å²) in [6, 6.07) is 9.12. The summed E-state index contributed by atoms with van der Waals surface area (Å²) < 4.78 is 6.38. The van der Waals surface area contributed by atoms with E-state index in [1.165, 1.54) is 57.2 Å². The molecular formula is C18H28N2O. The number of nitrogens with zero attached hydrogens (tertiary/aromatic N) is 1. The van der Waals surface area contributed by atoms with Crippen LogP contribution >= 0.6 is 0 Å². The van der Waals surface area contributed by atoms with Crippen molar-refractivity contribution < 1.29 is 4.74 Å². The van der Waals surface area contributed by atoms with E-state index in [0.29, 0.717) is 18.7 Å². The third-order valence-corrected chi connectivity index (χ3v) is 4.90. The van der Waals surface area contributed by atoms with E-state index in [9.17, 15) is 0 Å². The smallest absolute Gasteiger partial charge is 0.120 e. The molecule has 1 aromatic rings. The lowest BCUT2D eigenvalue weighted by molar-refractivity contribution is 0.0485. The summed E-state index contributed by atoms with van der Waals surface area (Å²) in [6.07, 6.45) is 9.16. The van der Waals surface area contributed by atoms with E-state index >= 15 is 0 Å². The lowest BCUT2D eigenvalue weighted by Gasteiger charge is -2.37. The number of nitrogens with two attached hydrogens (primary N) is 1. The average molecular weight is 288 g/mol. The molecule has 0 radical (unpaired) electrons. The first-order valence-corrected chi connectivity index (χ1v) is 8.56. The van der Waals surface area contributed by atoms with Gasteiger partial charge in [-0.15, -0.1) is 0 Å². The van der Waals surface area contributed by atoms with E-state index in [0.717, 1.165) is 12.2 Å². The van der Waals surface area contributed by atoms with Crippen molar-refractivity contribution in [2.24, 2.45) is 5.73 Å². The van der Waals surface area contributed by atoms with Crippen LogP contribution in [-0.2, 0) is 6.42 Å². The first kappa shape index (κ1) is 14.9. The van der Waals surface area contributed by atoms with Crippen LogP contribution in [0.3, 0.4) is 0 Å². The van der Waals surface area contributed by atoms with Gasteiger partial charge in [0.1, 0.15) is 11.9 Å². The molecule has 2 N–H and O–H groups in total. The van der Waals surface area contributed by atoms with Crippen LogP contribution in [0.5, 0.6) is 5.75 Å². The highest BCUT2D eigenvalue weighted by Crippen LogP contribution is 2.29. The van der Waals surface area contributed by atoms with Gasteiger partial charge in [-0.25, -0.2) is 0 Å². The van der Waals surface area contributed by atoms with Crippen LogP contribution < -0.4 is 10.5 Å². The molecule has 1 aromatic carbocycles. The van der Waals surface area contributed by atoms with Crippen molar-refractivity contribution >= 4 is 0 Å². The molecule has 3 heteroatoms. The zero-order valence-corrected chi connectivity index (χ0v) is 13.0.